The fraction of sp³-hybridized carbons (Fsp3) is 0.786. The van der Waals surface area contributed by atoms with Gasteiger partial charge in [0.1, 0.15) is 5.82 Å². The smallest absolute Gasteiger partial charge is 0.148 e. The van der Waals surface area contributed by atoms with E-state index in [1.165, 1.54) is 6.42 Å². The number of aryl methyl sites for hydroxylation is 1. The average molecular weight is 266 g/mol. The van der Waals surface area contributed by atoms with E-state index in [2.05, 4.69) is 24.3 Å². The van der Waals surface area contributed by atoms with Gasteiger partial charge in [-0.15, -0.1) is 0 Å². The third-order valence-electron chi connectivity index (χ3n) is 3.92. The first kappa shape index (κ1) is 14.2. The van der Waals surface area contributed by atoms with Crippen LogP contribution in [0.3, 0.4) is 0 Å². The van der Waals surface area contributed by atoms with E-state index in [9.17, 15) is 5.11 Å². The van der Waals surface area contributed by atoms with Crippen LogP contribution in [0.1, 0.15) is 57.7 Å². The summed E-state index contributed by atoms with van der Waals surface area (Å²) in [5.74, 6) is 0.860. The second-order valence-electron chi connectivity index (χ2n) is 5.84. The summed E-state index contributed by atoms with van der Waals surface area (Å²) in [4.78, 5) is 0. The van der Waals surface area contributed by atoms with E-state index in [1.54, 1.807) is 0 Å². The number of nitrogen functional groups attached to an aromatic ring is 1. The lowest BCUT2D eigenvalue weighted by Crippen LogP contribution is -2.33. The van der Waals surface area contributed by atoms with Crippen molar-refractivity contribution in [1.82, 2.24) is 9.78 Å². The Morgan fingerprint density at radius 3 is 2.68 bits per heavy atom. The van der Waals surface area contributed by atoms with Crippen LogP contribution in [0.5, 0.6) is 0 Å². The van der Waals surface area contributed by atoms with Crippen LogP contribution >= 0.6 is 0 Å². The molecule has 1 saturated carbocycles. The highest BCUT2D eigenvalue weighted by molar-refractivity contribution is 5.65. The molecule has 2 rings (SSSR count). The summed E-state index contributed by atoms with van der Waals surface area (Å²) in [6.45, 7) is 6.09. The van der Waals surface area contributed by atoms with Gasteiger partial charge in [0.2, 0.25) is 0 Å². The highest BCUT2D eigenvalue weighted by atomic mass is 16.3. The van der Waals surface area contributed by atoms with Crippen molar-refractivity contribution in [3.8, 4) is 0 Å². The Balaban J connectivity index is 2.21. The standard InChI is InChI=1S/C14H26N4O/c1-9(2)18-14(13(15)10(3)17-18)16-11-7-5-4-6-8-12(11)19/h9,11-12,16,19H,4-8,15H2,1-3H3. The van der Waals surface area contributed by atoms with Crippen LogP contribution in [0, 0.1) is 6.92 Å². The first-order valence-corrected chi connectivity index (χ1v) is 7.30. The zero-order chi connectivity index (χ0) is 14.0. The molecule has 0 aromatic carbocycles. The Morgan fingerprint density at radius 1 is 1.32 bits per heavy atom. The second-order valence-corrected chi connectivity index (χ2v) is 5.84. The van der Waals surface area contributed by atoms with E-state index < -0.39 is 0 Å². The van der Waals surface area contributed by atoms with Crippen LogP contribution in [-0.2, 0) is 0 Å². The highest BCUT2D eigenvalue weighted by Gasteiger charge is 2.24. The minimum absolute atomic E-state index is 0.0819. The number of anilines is 2. The number of aromatic nitrogens is 2. The maximum atomic E-state index is 10.2. The molecule has 5 heteroatoms. The van der Waals surface area contributed by atoms with Gasteiger partial charge in [-0.05, 0) is 33.6 Å². The molecule has 4 N–H and O–H groups in total. The van der Waals surface area contributed by atoms with Gasteiger partial charge < -0.3 is 16.2 Å². The lowest BCUT2D eigenvalue weighted by Gasteiger charge is -2.24. The Bertz CT molecular complexity index is 427. The van der Waals surface area contributed by atoms with Crippen molar-refractivity contribution in [3.05, 3.63) is 5.69 Å². The van der Waals surface area contributed by atoms with E-state index in [-0.39, 0.29) is 18.2 Å². The Kier molecular flexibility index (Phi) is 4.34. The van der Waals surface area contributed by atoms with Crippen LogP contribution in [0.25, 0.3) is 0 Å². The summed E-state index contributed by atoms with van der Waals surface area (Å²) < 4.78 is 1.92. The Labute approximate surface area is 115 Å². The number of aliphatic hydroxyl groups excluding tert-OH is 1. The van der Waals surface area contributed by atoms with Crippen LogP contribution in [0.15, 0.2) is 0 Å². The fourth-order valence-electron chi connectivity index (χ4n) is 2.71. The molecule has 1 aliphatic carbocycles. The van der Waals surface area contributed by atoms with Crippen LogP contribution in [-0.4, -0.2) is 27.0 Å². The predicted octanol–water partition coefficient (Wildman–Crippen LogP) is 2.46. The normalized spacial score (nSPS) is 24.5. The van der Waals surface area contributed by atoms with Crippen LogP contribution in [0.2, 0.25) is 0 Å². The first-order chi connectivity index (χ1) is 9.00. The lowest BCUT2D eigenvalue weighted by atomic mass is 10.1. The van der Waals surface area contributed by atoms with Gasteiger partial charge >= 0.3 is 0 Å². The number of nitrogens with zero attached hydrogens (tertiary/aromatic N) is 2. The topological polar surface area (TPSA) is 76.1 Å². The van der Waals surface area contributed by atoms with E-state index in [0.29, 0.717) is 5.69 Å². The number of nitrogens with two attached hydrogens (primary N) is 1. The highest BCUT2D eigenvalue weighted by Crippen LogP contribution is 2.29. The molecule has 0 bridgehead atoms. The third-order valence-corrected chi connectivity index (χ3v) is 3.92. The van der Waals surface area contributed by atoms with Gasteiger partial charge in [0.15, 0.2) is 0 Å². The Morgan fingerprint density at radius 2 is 2.00 bits per heavy atom. The quantitative estimate of drug-likeness (QED) is 0.735. The lowest BCUT2D eigenvalue weighted by molar-refractivity contribution is 0.144. The summed E-state index contributed by atoms with van der Waals surface area (Å²) in [5, 5.41) is 18.1. The first-order valence-electron chi connectivity index (χ1n) is 7.30. The van der Waals surface area contributed by atoms with E-state index in [1.807, 2.05) is 11.6 Å². The molecule has 2 atom stereocenters. The predicted molar refractivity (Wildman–Crippen MR) is 78.3 cm³/mol. The molecule has 0 radical (unpaired) electrons. The maximum absolute atomic E-state index is 10.2. The summed E-state index contributed by atoms with van der Waals surface area (Å²) in [7, 11) is 0. The van der Waals surface area contributed by atoms with E-state index >= 15 is 0 Å². The monoisotopic (exact) mass is 266 g/mol. The molecule has 0 aliphatic heterocycles. The molecule has 1 aliphatic rings. The zero-order valence-electron chi connectivity index (χ0n) is 12.2. The van der Waals surface area contributed by atoms with Crippen molar-refractivity contribution in [2.24, 2.45) is 0 Å². The van der Waals surface area contributed by atoms with Gasteiger partial charge in [0.05, 0.1) is 23.5 Å². The van der Waals surface area contributed by atoms with Crippen LogP contribution < -0.4 is 11.1 Å². The van der Waals surface area contributed by atoms with Crippen molar-refractivity contribution < 1.29 is 5.11 Å². The average Bonchev–Trinajstić information content (AvgIpc) is 2.52. The van der Waals surface area contributed by atoms with Gasteiger partial charge in [0.25, 0.3) is 0 Å². The number of hydrogen-bond donors (Lipinski definition) is 3. The summed E-state index contributed by atoms with van der Waals surface area (Å²) in [5.41, 5.74) is 7.66. The zero-order valence-corrected chi connectivity index (χ0v) is 12.2. The van der Waals surface area contributed by atoms with Crippen molar-refractivity contribution >= 4 is 11.5 Å². The fourth-order valence-corrected chi connectivity index (χ4v) is 2.71. The summed E-state index contributed by atoms with van der Waals surface area (Å²) in [6.07, 6.45) is 5.03. The molecule has 2 unspecified atom stereocenters. The summed E-state index contributed by atoms with van der Waals surface area (Å²) in [6, 6.07) is 0.333. The summed E-state index contributed by atoms with van der Waals surface area (Å²) >= 11 is 0. The van der Waals surface area contributed by atoms with Gasteiger partial charge in [-0.3, -0.25) is 0 Å². The SMILES string of the molecule is Cc1nn(C(C)C)c(NC2CCCCCC2O)c1N. The van der Waals surface area contributed by atoms with Crippen molar-refractivity contribution in [2.45, 2.75) is 71.1 Å². The molecular weight excluding hydrogens is 240 g/mol. The molecule has 0 amide bonds. The molecule has 108 valence electrons. The minimum Gasteiger partial charge on any atom is -0.394 e. The molecule has 19 heavy (non-hydrogen) atoms. The molecule has 1 aromatic rings. The molecule has 5 nitrogen and oxygen atoms in total. The number of aliphatic hydroxyl groups is 1. The maximum Gasteiger partial charge on any atom is 0.148 e. The number of nitrogens with one attached hydrogen (secondary N) is 1. The van der Waals surface area contributed by atoms with Gasteiger partial charge in [-0.25, -0.2) is 4.68 Å². The van der Waals surface area contributed by atoms with Crippen molar-refractivity contribution in [2.75, 3.05) is 11.1 Å². The van der Waals surface area contributed by atoms with Crippen LogP contribution in [0.4, 0.5) is 11.5 Å². The molecule has 1 heterocycles. The minimum atomic E-state index is -0.294. The van der Waals surface area contributed by atoms with Crippen molar-refractivity contribution in [3.63, 3.8) is 0 Å². The van der Waals surface area contributed by atoms with E-state index in [0.717, 1.165) is 37.2 Å². The molecular formula is C14H26N4O. The molecule has 1 fully saturated rings. The van der Waals surface area contributed by atoms with Crippen molar-refractivity contribution in [1.29, 1.82) is 0 Å². The van der Waals surface area contributed by atoms with Gasteiger partial charge in [-0.1, -0.05) is 19.3 Å². The van der Waals surface area contributed by atoms with Gasteiger partial charge in [-0.2, -0.15) is 5.10 Å². The molecule has 1 aromatic heterocycles. The van der Waals surface area contributed by atoms with E-state index in [4.69, 9.17) is 5.73 Å². The molecule has 0 saturated heterocycles. The Hall–Kier alpha value is -1.23. The largest absolute Gasteiger partial charge is 0.394 e. The third kappa shape index (κ3) is 3.03. The number of hydrogen-bond acceptors (Lipinski definition) is 4. The second kappa shape index (κ2) is 5.82. The molecule has 0 spiro atoms. The van der Waals surface area contributed by atoms with Gasteiger partial charge in [0, 0.05) is 6.04 Å². The number of rotatable bonds is 3.